The highest BCUT2D eigenvalue weighted by molar-refractivity contribution is 6.31. The molecule has 0 saturated carbocycles. The molecule has 2 aromatic heterocycles. The number of hydrogen-bond acceptors (Lipinski definition) is 6. The maximum Gasteiger partial charge on any atom is 0.294 e. The van der Waals surface area contributed by atoms with Gasteiger partial charge in [0.05, 0.1) is 17.3 Å². The van der Waals surface area contributed by atoms with Crippen LogP contribution in [0.5, 0.6) is 5.75 Å². The van der Waals surface area contributed by atoms with E-state index >= 15 is 0 Å². The zero-order valence-electron chi connectivity index (χ0n) is 16.7. The normalized spacial score (nSPS) is 16.1. The number of aromatic hydroxyl groups is 1. The lowest BCUT2D eigenvalue weighted by Crippen LogP contribution is -2.31. The summed E-state index contributed by atoms with van der Waals surface area (Å²) in [5.41, 5.74) is 0.761. The molecule has 5 rings (SSSR count). The van der Waals surface area contributed by atoms with E-state index in [1.807, 2.05) is 0 Å². The van der Waals surface area contributed by atoms with Crippen molar-refractivity contribution >= 4 is 51.5 Å². The third-order valence-electron chi connectivity index (χ3n) is 5.37. The summed E-state index contributed by atoms with van der Waals surface area (Å²) in [6.45, 7) is 0. The Kier molecular flexibility index (Phi) is 5.08. The van der Waals surface area contributed by atoms with E-state index in [4.69, 9.17) is 27.6 Å². The molecule has 1 atom stereocenters. The van der Waals surface area contributed by atoms with Gasteiger partial charge in [-0.25, -0.2) is 0 Å². The maximum atomic E-state index is 13.5. The number of aromatic nitrogens is 1. The molecule has 3 heterocycles. The molecule has 0 saturated heterocycles. The number of aliphatic hydroxyl groups excluding tert-OH is 1. The van der Waals surface area contributed by atoms with Crippen molar-refractivity contribution < 1.29 is 24.2 Å². The van der Waals surface area contributed by atoms with E-state index in [1.54, 1.807) is 30.3 Å². The van der Waals surface area contributed by atoms with Crippen LogP contribution in [0.1, 0.15) is 22.2 Å². The third-order valence-corrected chi connectivity index (χ3v) is 5.84. The molecule has 1 unspecified atom stereocenters. The van der Waals surface area contributed by atoms with Gasteiger partial charge in [-0.05, 0) is 60.2 Å². The molecule has 1 aliphatic heterocycles. The number of phenols is 1. The minimum absolute atomic E-state index is 0.0417. The Bertz CT molecular complexity index is 1460. The number of fused-ring (bicyclic) bond motifs is 1. The number of rotatable bonds is 4. The van der Waals surface area contributed by atoms with Gasteiger partial charge in [-0.15, -0.1) is 0 Å². The Labute approximate surface area is 197 Å². The molecule has 0 fully saturated rings. The summed E-state index contributed by atoms with van der Waals surface area (Å²) >= 11 is 12.1. The number of ketones is 1. The predicted octanol–water partition coefficient (Wildman–Crippen LogP) is 5.62. The summed E-state index contributed by atoms with van der Waals surface area (Å²) in [6.07, 6.45) is 2.99. The van der Waals surface area contributed by atoms with Crippen LogP contribution in [-0.4, -0.2) is 26.9 Å². The topological polar surface area (TPSA) is 104 Å². The smallest absolute Gasteiger partial charge is 0.294 e. The first-order valence-electron chi connectivity index (χ1n) is 9.74. The number of benzene rings is 2. The van der Waals surface area contributed by atoms with Gasteiger partial charge in [-0.2, -0.15) is 0 Å². The van der Waals surface area contributed by atoms with Crippen molar-refractivity contribution in [3.8, 4) is 5.75 Å². The van der Waals surface area contributed by atoms with E-state index in [2.05, 4.69) is 4.98 Å². The van der Waals surface area contributed by atoms with Crippen molar-refractivity contribution in [1.82, 2.24) is 4.98 Å². The molecule has 33 heavy (non-hydrogen) atoms. The number of pyridine rings is 1. The molecular formula is C24H14Cl2N2O5. The van der Waals surface area contributed by atoms with Crippen molar-refractivity contribution in [2.75, 3.05) is 4.90 Å². The molecule has 1 aliphatic rings. The molecule has 2 N–H and O–H groups in total. The highest BCUT2D eigenvalue weighted by Gasteiger charge is 2.46. The van der Waals surface area contributed by atoms with Crippen LogP contribution in [0.2, 0.25) is 10.0 Å². The first-order chi connectivity index (χ1) is 15.8. The second kappa shape index (κ2) is 7.95. The van der Waals surface area contributed by atoms with Gasteiger partial charge in [0.25, 0.3) is 5.91 Å². The number of amides is 1. The number of nitrogens with zero attached hydrogens (tertiary/aromatic N) is 2. The summed E-state index contributed by atoms with van der Waals surface area (Å²) in [7, 11) is 0. The number of anilines is 1. The van der Waals surface area contributed by atoms with Crippen LogP contribution in [0.25, 0.3) is 11.0 Å². The summed E-state index contributed by atoms with van der Waals surface area (Å²) < 4.78 is 5.68. The van der Waals surface area contributed by atoms with Crippen LogP contribution in [0.4, 0.5) is 5.69 Å². The zero-order chi connectivity index (χ0) is 23.3. The van der Waals surface area contributed by atoms with Crippen LogP contribution >= 0.6 is 23.2 Å². The highest BCUT2D eigenvalue weighted by atomic mass is 35.5. The number of hydrogen-bond donors (Lipinski definition) is 2. The fraction of sp³-hybridized carbons (Fsp3) is 0.0417. The van der Waals surface area contributed by atoms with Crippen molar-refractivity contribution in [2.24, 2.45) is 0 Å². The average molecular weight is 481 g/mol. The van der Waals surface area contributed by atoms with E-state index in [0.29, 0.717) is 21.6 Å². The molecular weight excluding hydrogens is 467 g/mol. The largest absolute Gasteiger partial charge is 0.506 e. The number of Topliss-reactive ketones (excluding diaryl/α,β-unsaturated/α-hetero) is 1. The maximum absolute atomic E-state index is 13.5. The zero-order valence-corrected chi connectivity index (χ0v) is 18.2. The Hall–Kier alpha value is -3.81. The summed E-state index contributed by atoms with van der Waals surface area (Å²) in [4.78, 5) is 31.8. The summed E-state index contributed by atoms with van der Waals surface area (Å²) in [6, 6.07) is 12.7. The van der Waals surface area contributed by atoms with Gasteiger partial charge in [0, 0.05) is 27.8 Å². The molecule has 9 heteroatoms. The monoisotopic (exact) mass is 480 g/mol. The van der Waals surface area contributed by atoms with E-state index in [9.17, 15) is 19.8 Å². The van der Waals surface area contributed by atoms with Gasteiger partial charge in [-0.1, -0.05) is 23.2 Å². The third kappa shape index (κ3) is 3.51. The van der Waals surface area contributed by atoms with Gasteiger partial charge < -0.3 is 14.6 Å². The van der Waals surface area contributed by atoms with Crippen LogP contribution in [-0.2, 0) is 4.79 Å². The predicted molar refractivity (Wildman–Crippen MR) is 123 cm³/mol. The minimum atomic E-state index is -1.06. The number of carbonyl (C=O) groups excluding carboxylic acids is 2. The number of phenolic OH excluding ortho intramolecular Hbond substituents is 1. The van der Waals surface area contributed by atoms with E-state index in [-0.39, 0.29) is 27.8 Å². The Morgan fingerprint density at radius 3 is 2.42 bits per heavy atom. The minimum Gasteiger partial charge on any atom is -0.506 e. The fourth-order valence-corrected chi connectivity index (χ4v) is 4.24. The first-order valence-corrected chi connectivity index (χ1v) is 10.5. The van der Waals surface area contributed by atoms with Gasteiger partial charge >= 0.3 is 0 Å². The Balaban J connectivity index is 1.68. The molecule has 0 bridgehead atoms. The average Bonchev–Trinajstić information content (AvgIpc) is 3.34. The number of halogens is 2. The van der Waals surface area contributed by atoms with E-state index < -0.39 is 23.5 Å². The van der Waals surface area contributed by atoms with E-state index in [0.717, 1.165) is 4.90 Å². The lowest BCUT2D eigenvalue weighted by molar-refractivity contribution is -0.117. The first kappa shape index (κ1) is 21.1. The Morgan fingerprint density at radius 2 is 1.67 bits per heavy atom. The molecule has 7 nitrogen and oxygen atoms in total. The molecule has 1 amide bonds. The summed E-state index contributed by atoms with van der Waals surface area (Å²) in [5, 5.41) is 22.6. The molecule has 0 spiro atoms. The van der Waals surface area contributed by atoms with Crippen molar-refractivity contribution in [1.29, 1.82) is 0 Å². The standard InChI is InChI=1S/C24H14Cl2N2O5/c25-14-2-4-18-13(9-14)10-19(33-18)22(30)20-21(12-5-7-27-8-6-12)28(24(32)23(20)31)16-11-15(26)1-3-17(16)29/h1-11,21,29,31H. The molecule has 4 aromatic rings. The van der Waals surface area contributed by atoms with Crippen LogP contribution in [0, 0.1) is 0 Å². The number of carbonyl (C=O) groups is 2. The molecule has 0 aliphatic carbocycles. The van der Waals surface area contributed by atoms with Gasteiger partial charge in [0.15, 0.2) is 11.5 Å². The SMILES string of the molecule is O=C(C1=C(O)C(=O)N(c2cc(Cl)ccc2O)C1c1ccncc1)c1cc2cc(Cl)ccc2o1. The van der Waals surface area contributed by atoms with Crippen molar-refractivity contribution in [2.45, 2.75) is 6.04 Å². The van der Waals surface area contributed by atoms with Gasteiger partial charge in [0.1, 0.15) is 11.3 Å². The van der Waals surface area contributed by atoms with Crippen LogP contribution < -0.4 is 4.90 Å². The molecule has 0 radical (unpaired) electrons. The Morgan fingerprint density at radius 1 is 0.970 bits per heavy atom. The lowest BCUT2D eigenvalue weighted by atomic mass is 9.95. The quantitative estimate of drug-likeness (QED) is 0.367. The second-order valence-corrected chi connectivity index (χ2v) is 8.25. The van der Waals surface area contributed by atoms with Crippen molar-refractivity contribution in [3.05, 3.63) is 99.7 Å². The second-order valence-electron chi connectivity index (χ2n) is 7.38. The fourth-order valence-electron chi connectivity index (χ4n) is 3.90. The number of aliphatic hydroxyl groups is 1. The molecule has 164 valence electrons. The van der Waals surface area contributed by atoms with E-state index in [1.165, 1.54) is 36.7 Å². The molecule has 2 aromatic carbocycles. The van der Waals surface area contributed by atoms with Crippen LogP contribution in [0.3, 0.4) is 0 Å². The number of furan rings is 1. The lowest BCUT2D eigenvalue weighted by Gasteiger charge is -2.27. The van der Waals surface area contributed by atoms with Gasteiger partial charge in [-0.3, -0.25) is 19.5 Å². The van der Waals surface area contributed by atoms with Crippen molar-refractivity contribution in [3.63, 3.8) is 0 Å². The summed E-state index contributed by atoms with van der Waals surface area (Å²) in [5.74, 6) is -2.61. The highest BCUT2D eigenvalue weighted by Crippen LogP contribution is 2.45. The van der Waals surface area contributed by atoms with Gasteiger partial charge in [0.2, 0.25) is 5.78 Å². The van der Waals surface area contributed by atoms with Crippen LogP contribution in [0.15, 0.2) is 82.7 Å².